The lowest BCUT2D eigenvalue weighted by molar-refractivity contribution is 0.116. The van der Waals surface area contributed by atoms with Crippen molar-refractivity contribution in [2.45, 2.75) is 50.7 Å². The molecule has 1 saturated carbocycles. The van der Waals surface area contributed by atoms with Crippen molar-refractivity contribution in [1.29, 1.82) is 0 Å². The number of pyridine rings is 1. The number of halogens is 2. The fourth-order valence-corrected chi connectivity index (χ4v) is 4.70. The van der Waals surface area contributed by atoms with Crippen LogP contribution in [0.2, 0.25) is 0 Å². The number of phenols is 1. The Labute approximate surface area is 177 Å². The van der Waals surface area contributed by atoms with Crippen molar-refractivity contribution in [1.82, 2.24) is 15.2 Å². The standard InChI is InChI=1S/C23H22F2N4O2/c24-22(25)14-7-6-13-12(14)5-8-16(21(13)31)20-17-11-26-10-9-15(17)23(29-28-20)27-18-3-1-2-4-19(18)30/h5,8-11,18-19,30-31H,1-4,6-7H2,(H,27,29)/t18-,19-/m1/s1. The summed E-state index contributed by atoms with van der Waals surface area (Å²) in [6.07, 6.45) is 5.37. The normalized spacial score (nSPS) is 20.7. The van der Waals surface area contributed by atoms with Gasteiger partial charge in [-0.2, -0.15) is 8.78 Å². The number of phenolic OH excluding ortho intramolecular Hbond substituents is 1. The summed E-state index contributed by atoms with van der Waals surface area (Å²) in [6.45, 7) is 0. The molecule has 2 aliphatic rings. The molecule has 0 radical (unpaired) electrons. The lowest BCUT2D eigenvalue weighted by Gasteiger charge is -2.29. The molecule has 3 N–H and O–H groups in total. The second-order valence-electron chi connectivity index (χ2n) is 8.15. The molecule has 0 unspecified atom stereocenters. The molecule has 8 heteroatoms. The van der Waals surface area contributed by atoms with E-state index in [2.05, 4.69) is 20.5 Å². The van der Waals surface area contributed by atoms with Gasteiger partial charge in [0.05, 0.1) is 12.1 Å². The number of benzene rings is 1. The number of fused-ring (bicyclic) bond motifs is 2. The molecule has 2 heterocycles. The number of aromatic hydroxyl groups is 1. The van der Waals surface area contributed by atoms with Crippen molar-refractivity contribution < 1.29 is 19.0 Å². The number of hydrogen-bond donors (Lipinski definition) is 3. The van der Waals surface area contributed by atoms with Crippen molar-refractivity contribution in [3.8, 4) is 17.0 Å². The van der Waals surface area contributed by atoms with Crippen LogP contribution in [0.25, 0.3) is 27.6 Å². The molecule has 160 valence electrons. The third-order valence-electron chi connectivity index (χ3n) is 6.35. The summed E-state index contributed by atoms with van der Waals surface area (Å²) in [7, 11) is 0. The van der Waals surface area contributed by atoms with Gasteiger partial charge in [-0.25, -0.2) is 0 Å². The molecule has 0 bridgehead atoms. The largest absolute Gasteiger partial charge is 0.507 e. The molecule has 5 rings (SSSR count). The molecule has 3 aromatic rings. The zero-order valence-electron chi connectivity index (χ0n) is 16.8. The molecular formula is C23H22F2N4O2. The lowest BCUT2D eigenvalue weighted by Crippen LogP contribution is -2.36. The number of hydrogen-bond acceptors (Lipinski definition) is 6. The predicted octanol–water partition coefficient (Wildman–Crippen LogP) is 4.67. The fraction of sp³-hybridized carbons (Fsp3) is 0.348. The zero-order chi connectivity index (χ0) is 21.5. The third-order valence-corrected chi connectivity index (χ3v) is 6.35. The van der Waals surface area contributed by atoms with Crippen LogP contribution in [0, 0.1) is 0 Å². The van der Waals surface area contributed by atoms with Crippen LogP contribution in [0.4, 0.5) is 14.6 Å². The lowest BCUT2D eigenvalue weighted by atomic mass is 9.92. The van der Waals surface area contributed by atoms with Crippen LogP contribution < -0.4 is 5.32 Å². The Kier molecular flexibility index (Phi) is 5.02. The van der Waals surface area contributed by atoms with Crippen LogP contribution in [0.5, 0.6) is 5.75 Å². The Morgan fingerprint density at radius 1 is 1.00 bits per heavy atom. The van der Waals surface area contributed by atoms with E-state index < -0.39 is 12.2 Å². The number of nitrogens with one attached hydrogen (secondary N) is 1. The van der Waals surface area contributed by atoms with E-state index in [4.69, 9.17) is 0 Å². The minimum atomic E-state index is -1.71. The highest BCUT2D eigenvalue weighted by molar-refractivity contribution is 6.01. The SMILES string of the molecule is Oc1c(-c2nnc(N[C@@H]3CCCC[C@H]3O)c3ccncc23)ccc2c1CCC2=C(F)F. The summed E-state index contributed by atoms with van der Waals surface area (Å²) >= 11 is 0. The summed E-state index contributed by atoms with van der Waals surface area (Å²) in [6, 6.07) is 4.94. The maximum absolute atomic E-state index is 13.2. The summed E-state index contributed by atoms with van der Waals surface area (Å²) in [4.78, 5) is 4.21. The monoisotopic (exact) mass is 424 g/mol. The summed E-state index contributed by atoms with van der Waals surface area (Å²) in [5.41, 5.74) is 1.76. The Balaban J connectivity index is 1.59. The highest BCUT2D eigenvalue weighted by Crippen LogP contribution is 2.45. The first-order chi connectivity index (χ1) is 15.0. The first kappa shape index (κ1) is 19.8. The molecule has 2 aromatic heterocycles. The average Bonchev–Trinajstić information content (AvgIpc) is 3.22. The van der Waals surface area contributed by atoms with Crippen LogP contribution in [-0.4, -0.2) is 37.5 Å². The van der Waals surface area contributed by atoms with Gasteiger partial charge >= 0.3 is 0 Å². The van der Waals surface area contributed by atoms with E-state index in [1.165, 1.54) is 0 Å². The molecule has 0 saturated heterocycles. The minimum absolute atomic E-state index is 0.0138. The van der Waals surface area contributed by atoms with Crippen LogP contribution in [0.3, 0.4) is 0 Å². The van der Waals surface area contributed by atoms with Crippen LogP contribution in [0.15, 0.2) is 36.7 Å². The van der Waals surface area contributed by atoms with Crippen molar-refractivity contribution in [3.63, 3.8) is 0 Å². The molecule has 2 atom stereocenters. The summed E-state index contributed by atoms with van der Waals surface area (Å²) in [5.74, 6) is 0.508. The first-order valence-electron chi connectivity index (χ1n) is 10.5. The Morgan fingerprint density at radius 2 is 1.81 bits per heavy atom. The Morgan fingerprint density at radius 3 is 2.61 bits per heavy atom. The molecule has 1 aromatic carbocycles. The first-order valence-corrected chi connectivity index (χ1v) is 10.5. The molecule has 0 spiro atoms. The number of anilines is 1. The van der Waals surface area contributed by atoms with Crippen molar-refractivity contribution in [3.05, 3.63) is 47.8 Å². The minimum Gasteiger partial charge on any atom is -0.507 e. The Bertz CT molecular complexity index is 1190. The van der Waals surface area contributed by atoms with Gasteiger partial charge in [0, 0.05) is 39.9 Å². The third kappa shape index (κ3) is 3.40. The van der Waals surface area contributed by atoms with Gasteiger partial charge in [0.2, 0.25) is 0 Å². The van der Waals surface area contributed by atoms with Crippen LogP contribution in [-0.2, 0) is 6.42 Å². The number of aliphatic hydroxyl groups is 1. The van der Waals surface area contributed by atoms with Crippen molar-refractivity contribution >= 4 is 22.2 Å². The van der Waals surface area contributed by atoms with Gasteiger partial charge < -0.3 is 15.5 Å². The van der Waals surface area contributed by atoms with Crippen molar-refractivity contribution in [2.24, 2.45) is 0 Å². The van der Waals surface area contributed by atoms with Gasteiger partial charge in [0.15, 0.2) is 5.82 Å². The number of rotatable bonds is 3. The molecule has 0 aliphatic heterocycles. The molecular weight excluding hydrogens is 402 g/mol. The topological polar surface area (TPSA) is 91.2 Å². The number of nitrogens with zero attached hydrogens (tertiary/aromatic N) is 3. The maximum Gasteiger partial charge on any atom is 0.274 e. The van der Waals surface area contributed by atoms with E-state index in [1.54, 1.807) is 24.5 Å². The van der Waals surface area contributed by atoms with Crippen molar-refractivity contribution in [2.75, 3.05) is 5.32 Å². The van der Waals surface area contributed by atoms with E-state index in [0.717, 1.165) is 31.1 Å². The average molecular weight is 424 g/mol. The van der Waals surface area contributed by atoms with Gasteiger partial charge in [-0.3, -0.25) is 4.98 Å². The van der Waals surface area contributed by atoms with Gasteiger partial charge in [0.1, 0.15) is 11.4 Å². The van der Waals surface area contributed by atoms with Gasteiger partial charge in [-0.15, -0.1) is 10.2 Å². The van der Waals surface area contributed by atoms with Crippen LogP contribution >= 0.6 is 0 Å². The zero-order valence-corrected chi connectivity index (χ0v) is 16.8. The van der Waals surface area contributed by atoms with Crippen LogP contribution in [0.1, 0.15) is 43.2 Å². The Hall–Kier alpha value is -3.13. The second kappa shape index (κ2) is 7.85. The predicted molar refractivity (Wildman–Crippen MR) is 114 cm³/mol. The van der Waals surface area contributed by atoms with E-state index in [1.807, 2.05) is 6.07 Å². The number of aliphatic hydroxyl groups excluding tert-OH is 1. The summed E-state index contributed by atoms with van der Waals surface area (Å²) < 4.78 is 26.4. The van der Waals surface area contributed by atoms with Gasteiger partial charge in [-0.1, -0.05) is 18.9 Å². The van der Waals surface area contributed by atoms with E-state index in [-0.39, 0.29) is 23.8 Å². The quantitative estimate of drug-likeness (QED) is 0.566. The highest BCUT2D eigenvalue weighted by atomic mass is 19.3. The maximum atomic E-state index is 13.2. The smallest absolute Gasteiger partial charge is 0.274 e. The molecule has 0 amide bonds. The number of allylic oxidation sites excluding steroid dienone is 1. The second-order valence-corrected chi connectivity index (χ2v) is 8.15. The molecule has 2 aliphatic carbocycles. The molecule has 1 fully saturated rings. The van der Waals surface area contributed by atoms with Gasteiger partial charge in [-0.05, 0) is 43.4 Å². The highest BCUT2D eigenvalue weighted by Gasteiger charge is 2.27. The van der Waals surface area contributed by atoms with E-state index >= 15 is 0 Å². The summed E-state index contributed by atoms with van der Waals surface area (Å²) in [5, 5.41) is 34.7. The number of aromatic nitrogens is 3. The fourth-order valence-electron chi connectivity index (χ4n) is 4.70. The van der Waals surface area contributed by atoms with E-state index in [9.17, 15) is 19.0 Å². The van der Waals surface area contributed by atoms with E-state index in [0.29, 0.717) is 40.0 Å². The van der Waals surface area contributed by atoms with Gasteiger partial charge in [0.25, 0.3) is 6.08 Å². The molecule has 6 nitrogen and oxygen atoms in total. The molecule has 31 heavy (non-hydrogen) atoms.